The molecule has 0 amide bonds. The minimum Gasteiger partial charge on any atom is -0.387 e. The maximum Gasteiger partial charge on any atom is 0.333 e. The summed E-state index contributed by atoms with van der Waals surface area (Å²) in [6.45, 7) is 0.802. The smallest absolute Gasteiger partial charge is 0.333 e. The Balaban J connectivity index is 1.55. The lowest BCUT2D eigenvalue weighted by atomic mass is 10.1. The average molecular weight is 430 g/mol. The number of rotatable bonds is 6. The number of fused-ring (bicyclic) bond motifs is 1. The predicted octanol–water partition coefficient (Wildman–Crippen LogP) is -1.74. The van der Waals surface area contributed by atoms with Gasteiger partial charge in [0.1, 0.15) is 24.6 Å². The molecule has 5 N–H and O–H groups in total. The molecule has 13 nitrogen and oxygen atoms in total. The maximum atomic E-state index is 11.0. The van der Waals surface area contributed by atoms with Crippen molar-refractivity contribution in [2.75, 3.05) is 25.1 Å². The number of hydrogen-bond donors (Lipinski definition) is 4. The molecule has 0 bridgehead atoms. The van der Waals surface area contributed by atoms with Crippen molar-refractivity contribution in [1.82, 2.24) is 19.5 Å². The van der Waals surface area contributed by atoms with Crippen molar-refractivity contribution in [3.05, 3.63) is 12.7 Å². The van der Waals surface area contributed by atoms with Gasteiger partial charge in [-0.1, -0.05) is 0 Å². The molecule has 4 atom stereocenters. The highest BCUT2D eigenvalue weighted by Gasteiger charge is 2.45. The summed E-state index contributed by atoms with van der Waals surface area (Å²) >= 11 is 0. The van der Waals surface area contributed by atoms with Crippen molar-refractivity contribution >= 4 is 27.3 Å². The molecular weight excluding hydrogens is 408 g/mol. The van der Waals surface area contributed by atoms with Gasteiger partial charge in [-0.05, 0) is 12.8 Å². The second-order valence-corrected chi connectivity index (χ2v) is 8.12. The number of imidazole rings is 1. The monoisotopic (exact) mass is 430 g/mol. The van der Waals surface area contributed by atoms with Crippen LogP contribution in [0.25, 0.3) is 11.2 Å². The Morgan fingerprint density at radius 1 is 1.24 bits per heavy atom. The highest BCUT2D eigenvalue weighted by Crippen LogP contribution is 2.32. The summed E-state index contributed by atoms with van der Waals surface area (Å²) in [6.07, 6.45) is -0.436. The largest absolute Gasteiger partial charge is 0.387 e. The van der Waals surface area contributed by atoms with Crippen LogP contribution < -0.4 is 10.5 Å². The first-order valence-corrected chi connectivity index (χ1v) is 10.5. The van der Waals surface area contributed by atoms with Gasteiger partial charge in [0.25, 0.3) is 0 Å². The van der Waals surface area contributed by atoms with Gasteiger partial charge >= 0.3 is 10.3 Å². The van der Waals surface area contributed by atoms with E-state index >= 15 is 0 Å². The normalized spacial score (nSPS) is 28.8. The van der Waals surface area contributed by atoms with Crippen molar-refractivity contribution in [3.63, 3.8) is 0 Å². The second-order valence-electron chi connectivity index (χ2n) is 6.90. The third kappa shape index (κ3) is 4.32. The molecule has 14 heteroatoms. The fraction of sp³-hybridized carbons (Fsp3) is 0.667. The number of aliphatic hydroxyl groups is 2. The number of nitrogens with zero attached hydrogens (tertiary/aromatic N) is 4. The highest BCUT2D eigenvalue weighted by atomic mass is 32.2. The standard InChI is InChI=1S/C15H22N6O7S/c16-29(24,25)27-5-9-11(22)12(23)15(28-9)21-7-19-10-13(17-6-18-14(10)21)20-8-1-3-26-4-2-8/h6-9,11-12,15,22-23H,1-5H2,(H2,16,24,25)(H,17,18,20)/t9-,11-,12-,15-/m1/s1. The molecule has 0 aromatic carbocycles. The molecule has 0 radical (unpaired) electrons. The van der Waals surface area contributed by atoms with Gasteiger partial charge in [0, 0.05) is 19.3 Å². The van der Waals surface area contributed by atoms with Gasteiger partial charge in [0.05, 0.1) is 12.9 Å². The topological polar surface area (TPSA) is 184 Å². The molecule has 0 saturated carbocycles. The van der Waals surface area contributed by atoms with Gasteiger partial charge in [-0.3, -0.25) is 8.75 Å². The van der Waals surface area contributed by atoms with Crippen LogP contribution in [0.5, 0.6) is 0 Å². The zero-order valence-corrected chi connectivity index (χ0v) is 16.1. The molecule has 0 unspecified atom stereocenters. The van der Waals surface area contributed by atoms with Crippen LogP contribution in [-0.2, 0) is 24.0 Å². The molecule has 0 aliphatic carbocycles. The lowest BCUT2D eigenvalue weighted by Gasteiger charge is -2.23. The minimum absolute atomic E-state index is 0.196. The Hall–Kier alpha value is -1.94. The van der Waals surface area contributed by atoms with E-state index in [0.717, 1.165) is 12.8 Å². The van der Waals surface area contributed by atoms with Gasteiger partial charge in [0.2, 0.25) is 0 Å². The van der Waals surface area contributed by atoms with Crippen LogP contribution in [0, 0.1) is 0 Å². The average Bonchev–Trinajstić information content (AvgIpc) is 3.23. The van der Waals surface area contributed by atoms with Crippen molar-refractivity contribution in [2.24, 2.45) is 5.14 Å². The van der Waals surface area contributed by atoms with E-state index in [2.05, 4.69) is 24.5 Å². The van der Waals surface area contributed by atoms with Crippen molar-refractivity contribution in [2.45, 2.75) is 43.4 Å². The van der Waals surface area contributed by atoms with E-state index < -0.39 is 41.5 Å². The van der Waals surface area contributed by atoms with E-state index in [4.69, 9.17) is 14.6 Å². The highest BCUT2D eigenvalue weighted by molar-refractivity contribution is 7.84. The molecule has 2 aromatic heterocycles. The van der Waals surface area contributed by atoms with Crippen LogP contribution in [-0.4, -0.2) is 82.3 Å². The molecule has 2 aliphatic rings. The molecule has 4 rings (SSSR count). The number of aromatic nitrogens is 4. The third-order valence-electron chi connectivity index (χ3n) is 4.93. The molecule has 2 fully saturated rings. The van der Waals surface area contributed by atoms with Crippen molar-refractivity contribution in [1.29, 1.82) is 0 Å². The van der Waals surface area contributed by atoms with Gasteiger partial charge in [-0.25, -0.2) is 20.1 Å². The van der Waals surface area contributed by atoms with Crippen LogP contribution >= 0.6 is 0 Å². The molecule has 2 saturated heterocycles. The van der Waals surface area contributed by atoms with Crippen LogP contribution in [0.4, 0.5) is 5.82 Å². The summed E-state index contributed by atoms with van der Waals surface area (Å²) in [5.74, 6) is 0.544. The van der Waals surface area contributed by atoms with Crippen LogP contribution in [0.2, 0.25) is 0 Å². The summed E-state index contributed by atoms with van der Waals surface area (Å²) in [7, 11) is -4.21. The Labute approximate surface area is 166 Å². The second kappa shape index (κ2) is 8.06. The minimum atomic E-state index is -4.21. The lowest BCUT2D eigenvalue weighted by Crippen LogP contribution is -2.35. The van der Waals surface area contributed by atoms with E-state index in [1.54, 1.807) is 0 Å². The Morgan fingerprint density at radius 2 is 2.00 bits per heavy atom. The molecule has 2 aromatic rings. The molecular formula is C15H22N6O7S. The van der Waals surface area contributed by atoms with Crippen LogP contribution in [0.15, 0.2) is 12.7 Å². The fourth-order valence-corrected chi connectivity index (χ4v) is 3.76. The van der Waals surface area contributed by atoms with Gasteiger partial charge in [-0.15, -0.1) is 0 Å². The Kier molecular flexibility index (Phi) is 5.65. The quantitative estimate of drug-likeness (QED) is 0.408. The third-order valence-corrected chi connectivity index (χ3v) is 5.39. The van der Waals surface area contributed by atoms with E-state index in [-0.39, 0.29) is 6.04 Å². The van der Waals surface area contributed by atoms with Crippen molar-refractivity contribution in [3.8, 4) is 0 Å². The molecule has 2 aliphatic heterocycles. The summed E-state index contributed by atoms with van der Waals surface area (Å²) in [5.41, 5.74) is 0.868. The Bertz CT molecular complexity index is 963. The van der Waals surface area contributed by atoms with Gasteiger partial charge in [-0.2, -0.15) is 8.42 Å². The van der Waals surface area contributed by atoms with E-state index in [9.17, 15) is 18.6 Å². The fourth-order valence-electron chi connectivity index (χ4n) is 3.44. The number of anilines is 1. The van der Waals surface area contributed by atoms with E-state index in [0.29, 0.717) is 30.2 Å². The number of ether oxygens (including phenoxy) is 2. The van der Waals surface area contributed by atoms with Crippen molar-refractivity contribution < 1.29 is 32.3 Å². The van der Waals surface area contributed by atoms with Gasteiger partial charge in [0.15, 0.2) is 23.2 Å². The summed E-state index contributed by atoms with van der Waals surface area (Å²) in [4.78, 5) is 12.8. The van der Waals surface area contributed by atoms with E-state index in [1.165, 1.54) is 17.2 Å². The maximum absolute atomic E-state index is 11.0. The summed E-state index contributed by atoms with van der Waals surface area (Å²) < 4.78 is 38.8. The molecule has 4 heterocycles. The van der Waals surface area contributed by atoms with Gasteiger partial charge < -0.3 is 25.0 Å². The first kappa shape index (κ1) is 20.3. The predicted molar refractivity (Wildman–Crippen MR) is 97.8 cm³/mol. The number of aliphatic hydroxyl groups excluding tert-OH is 2. The van der Waals surface area contributed by atoms with Crippen LogP contribution in [0.1, 0.15) is 19.1 Å². The number of nitrogens with one attached hydrogen (secondary N) is 1. The summed E-state index contributed by atoms with van der Waals surface area (Å²) in [6, 6.07) is 0.196. The molecule has 160 valence electrons. The number of nitrogens with two attached hydrogens (primary N) is 1. The zero-order chi connectivity index (χ0) is 20.6. The SMILES string of the molecule is NS(=O)(=O)OC[C@H]1O[C@@H](n2cnc3c(NC4CCOCC4)ncnc32)[C@H](O)[C@@H]1O. The first-order valence-electron chi connectivity index (χ1n) is 9.04. The molecule has 29 heavy (non-hydrogen) atoms. The lowest BCUT2D eigenvalue weighted by molar-refractivity contribution is -0.0467. The van der Waals surface area contributed by atoms with E-state index in [1.807, 2.05) is 0 Å². The first-order chi connectivity index (χ1) is 13.8. The van der Waals surface area contributed by atoms with Crippen LogP contribution in [0.3, 0.4) is 0 Å². The molecule has 0 spiro atoms. The zero-order valence-electron chi connectivity index (χ0n) is 15.3. The number of hydrogen-bond acceptors (Lipinski definition) is 11. The Morgan fingerprint density at radius 3 is 2.72 bits per heavy atom. The summed E-state index contributed by atoms with van der Waals surface area (Å²) in [5, 5.41) is 28.7.